The van der Waals surface area contributed by atoms with E-state index in [0.717, 1.165) is 22.7 Å². The highest BCUT2D eigenvalue weighted by molar-refractivity contribution is 6.10. The van der Waals surface area contributed by atoms with Crippen molar-refractivity contribution in [3.8, 4) is 27.9 Å². The highest BCUT2D eigenvalue weighted by Gasteiger charge is 2.47. The summed E-state index contributed by atoms with van der Waals surface area (Å²) in [5.41, 5.74) is 16.2. The van der Waals surface area contributed by atoms with Crippen LogP contribution in [0.3, 0.4) is 0 Å². The normalized spacial score (nSPS) is 12.7. The van der Waals surface area contributed by atoms with Crippen LogP contribution in [-0.4, -0.2) is 4.57 Å². The number of hydrogen-bond donors (Lipinski definition) is 0. The van der Waals surface area contributed by atoms with Gasteiger partial charge in [0.1, 0.15) is 0 Å². The van der Waals surface area contributed by atoms with Crippen LogP contribution in [0.1, 0.15) is 22.3 Å². The van der Waals surface area contributed by atoms with Crippen molar-refractivity contribution in [2.45, 2.75) is 5.41 Å². The fourth-order valence-corrected chi connectivity index (χ4v) is 10.4. The van der Waals surface area contributed by atoms with E-state index >= 15 is 0 Å². The summed E-state index contributed by atoms with van der Waals surface area (Å²) in [4.78, 5) is 2.54. The first-order valence-corrected chi connectivity index (χ1v) is 21.1. The second-order valence-corrected chi connectivity index (χ2v) is 16.0. The van der Waals surface area contributed by atoms with Crippen molar-refractivity contribution < 1.29 is 0 Å². The Balaban J connectivity index is 1.20. The van der Waals surface area contributed by atoms with Gasteiger partial charge in [-0.1, -0.05) is 200 Å². The number of para-hydroxylation sites is 2. The van der Waals surface area contributed by atoms with Crippen LogP contribution in [-0.2, 0) is 5.41 Å². The monoisotopic (exact) mass is 776 g/mol. The molecule has 2 nitrogen and oxygen atoms in total. The van der Waals surface area contributed by atoms with Gasteiger partial charge in [-0.25, -0.2) is 0 Å². The second-order valence-electron chi connectivity index (χ2n) is 16.0. The Kier molecular flexibility index (Phi) is 8.11. The highest BCUT2D eigenvalue weighted by Crippen LogP contribution is 2.60. The minimum Gasteiger partial charge on any atom is -0.309 e. The molecule has 0 amide bonds. The Morgan fingerprint density at radius 3 is 1.61 bits per heavy atom. The van der Waals surface area contributed by atoms with Gasteiger partial charge in [0, 0.05) is 33.3 Å². The number of benzene rings is 10. The van der Waals surface area contributed by atoms with E-state index in [1.807, 2.05) is 0 Å². The third-order valence-corrected chi connectivity index (χ3v) is 12.8. The van der Waals surface area contributed by atoms with E-state index in [4.69, 9.17) is 0 Å². The van der Waals surface area contributed by atoms with E-state index in [0.29, 0.717) is 0 Å². The summed E-state index contributed by atoms with van der Waals surface area (Å²) in [6.07, 6.45) is 0. The molecule has 0 aliphatic heterocycles. The Morgan fingerprint density at radius 1 is 0.361 bits per heavy atom. The number of anilines is 3. The van der Waals surface area contributed by atoms with E-state index in [1.165, 1.54) is 77.1 Å². The van der Waals surface area contributed by atoms with Crippen molar-refractivity contribution in [1.82, 2.24) is 4.57 Å². The minimum atomic E-state index is -0.535. The molecule has 0 atom stereocenters. The van der Waals surface area contributed by atoms with Crippen molar-refractivity contribution in [3.63, 3.8) is 0 Å². The first-order chi connectivity index (χ1) is 30.3. The summed E-state index contributed by atoms with van der Waals surface area (Å²) in [5.74, 6) is 0. The van der Waals surface area contributed by atoms with E-state index < -0.39 is 5.41 Å². The minimum absolute atomic E-state index is 0.535. The number of rotatable bonds is 7. The third kappa shape index (κ3) is 5.29. The van der Waals surface area contributed by atoms with Gasteiger partial charge in [-0.2, -0.15) is 0 Å². The van der Waals surface area contributed by atoms with Crippen molar-refractivity contribution in [2.75, 3.05) is 4.90 Å². The van der Waals surface area contributed by atoms with E-state index in [1.54, 1.807) is 0 Å². The molecule has 286 valence electrons. The number of hydrogen-bond acceptors (Lipinski definition) is 1. The van der Waals surface area contributed by atoms with Crippen molar-refractivity contribution in [2.24, 2.45) is 0 Å². The molecule has 10 aromatic carbocycles. The van der Waals surface area contributed by atoms with Crippen LogP contribution in [0, 0.1) is 0 Å². The van der Waals surface area contributed by atoms with Gasteiger partial charge in [0.25, 0.3) is 0 Å². The SMILES string of the molecule is c1ccc(-c2c(N(c3cccc(-n4c5ccccc5c5ccccc54)c3)c3cccc4c3-c3ccccc3C4(c3ccccc3)c3ccccc3)ccc3ccccc23)cc1. The zero-order valence-electron chi connectivity index (χ0n) is 33.5. The Labute approximate surface area is 355 Å². The second kappa shape index (κ2) is 14.1. The lowest BCUT2D eigenvalue weighted by molar-refractivity contribution is 0.768. The predicted octanol–water partition coefficient (Wildman–Crippen LogP) is 15.4. The molecule has 0 spiro atoms. The first kappa shape index (κ1) is 35.0. The predicted molar refractivity (Wildman–Crippen MR) is 256 cm³/mol. The standard InChI is InChI=1S/C59H40N2/c1-4-21-42(22-5-1)57-47-29-11-10-20-41(47)38-39-56(57)61(46-28-18-27-45(40-46)60-53-35-16-13-30-48(53)49-31-14-17-36-54(49)60)55-37-19-34-52-58(55)50-32-12-15-33-51(50)59(52,43-23-6-2-7-24-43)44-25-8-3-9-26-44/h1-40H. The smallest absolute Gasteiger partial charge is 0.0714 e. The molecular formula is C59H40N2. The molecule has 1 aliphatic carbocycles. The molecule has 2 heteroatoms. The zero-order valence-corrected chi connectivity index (χ0v) is 33.5. The topological polar surface area (TPSA) is 8.17 Å². The summed E-state index contributed by atoms with van der Waals surface area (Å²) < 4.78 is 2.42. The van der Waals surface area contributed by atoms with Crippen LogP contribution in [0.2, 0.25) is 0 Å². The quantitative estimate of drug-likeness (QED) is 0.156. The number of nitrogens with zero attached hydrogens (tertiary/aromatic N) is 2. The molecule has 0 saturated heterocycles. The van der Waals surface area contributed by atoms with Crippen LogP contribution in [0.5, 0.6) is 0 Å². The summed E-state index contributed by atoms with van der Waals surface area (Å²) >= 11 is 0. The number of fused-ring (bicyclic) bond motifs is 7. The highest BCUT2D eigenvalue weighted by atomic mass is 15.2. The largest absolute Gasteiger partial charge is 0.309 e. The molecule has 1 aliphatic rings. The molecule has 1 aromatic heterocycles. The molecule has 1 heterocycles. The summed E-state index contributed by atoms with van der Waals surface area (Å²) in [6.45, 7) is 0. The maximum Gasteiger partial charge on any atom is 0.0714 e. The molecule has 0 radical (unpaired) electrons. The fraction of sp³-hybridized carbons (Fsp3) is 0.0169. The Hall–Kier alpha value is -7.94. The summed E-state index contributed by atoms with van der Waals surface area (Å²) in [5, 5.41) is 4.92. The lowest BCUT2D eigenvalue weighted by Gasteiger charge is -2.35. The molecule has 61 heavy (non-hydrogen) atoms. The molecule has 0 bridgehead atoms. The average Bonchev–Trinajstić information content (AvgIpc) is 3.84. The van der Waals surface area contributed by atoms with Crippen LogP contribution in [0.4, 0.5) is 17.1 Å². The molecule has 0 unspecified atom stereocenters. The Bertz CT molecular complexity index is 3330. The van der Waals surface area contributed by atoms with Crippen LogP contribution < -0.4 is 4.90 Å². The van der Waals surface area contributed by atoms with Crippen molar-refractivity contribution in [1.29, 1.82) is 0 Å². The van der Waals surface area contributed by atoms with Crippen LogP contribution in [0.15, 0.2) is 243 Å². The van der Waals surface area contributed by atoms with Gasteiger partial charge in [0.2, 0.25) is 0 Å². The Morgan fingerprint density at radius 2 is 0.902 bits per heavy atom. The first-order valence-electron chi connectivity index (χ1n) is 21.1. The van der Waals surface area contributed by atoms with Gasteiger partial charge in [0.15, 0.2) is 0 Å². The van der Waals surface area contributed by atoms with Gasteiger partial charge in [0.05, 0.1) is 27.8 Å². The zero-order chi connectivity index (χ0) is 40.3. The molecule has 0 saturated carbocycles. The van der Waals surface area contributed by atoms with E-state index in [-0.39, 0.29) is 0 Å². The van der Waals surface area contributed by atoms with Gasteiger partial charge in [-0.05, 0) is 86.6 Å². The lowest BCUT2D eigenvalue weighted by atomic mass is 9.68. The molecule has 0 fully saturated rings. The maximum absolute atomic E-state index is 2.54. The van der Waals surface area contributed by atoms with E-state index in [9.17, 15) is 0 Å². The van der Waals surface area contributed by atoms with Crippen molar-refractivity contribution >= 4 is 49.6 Å². The number of aromatic nitrogens is 1. The van der Waals surface area contributed by atoms with Crippen LogP contribution in [0.25, 0.3) is 60.5 Å². The molecule has 0 N–H and O–H groups in total. The molecular weight excluding hydrogens is 737 g/mol. The fourth-order valence-electron chi connectivity index (χ4n) is 10.4. The maximum atomic E-state index is 2.54. The van der Waals surface area contributed by atoms with Crippen molar-refractivity contribution in [3.05, 3.63) is 265 Å². The third-order valence-electron chi connectivity index (χ3n) is 12.8. The van der Waals surface area contributed by atoms with Gasteiger partial charge >= 0.3 is 0 Å². The van der Waals surface area contributed by atoms with Gasteiger partial charge in [-0.3, -0.25) is 0 Å². The summed E-state index contributed by atoms with van der Waals surface area (Å²) in [7, 11) is 0. The summed E-state index contributed by atoms with van der Waals surface area (Å²) in [6, 6.07) is 89.2. The van der Waals surface area contributed by atoms with Gasteiger partial charge in [-0.15, -0.1) is 0 Å². The lowest BCUT2D eigenvalue weighted by Crippen LogP contribution is -2.28. The van der Waals surface area contributed by atoms with E-state index in [2.05, 4.69) is 252 Å². The molecule has 12 rings (SSSR count). The van der Waals surface area contributed by atoms with Crippen LogP contribution >= 0.6 is 0 Å². The molecule has 11 aromatic rings. The van der Waals surface area contributed by atoms with Gasteiger partial charge < -0.3 is 9.47 Å². The average molecular weight is 777 g/mol.